The molecule has 2 fully saturated rings. The van der Waals surface area contributed by atoms with Crippen LogP contribution in [-0.4, -0.2) is 23.1 Å². The lowest BCUT2D eigenvalue weighted by Gasteiger charge is -2.18. The van der Waals surface area contributed by atoms with Crippen LogP contribution >= 0.6 is 0 Å². The van der Waals surface area contributed by atoms with E-state index in [0.29, 0.717) is 12.0 Å². The molecule has 0 aliphatic heterocycles. The number of nitrogens with two attached hydrogens (primary N) is 1. The summed E-state index contributed by atoms with van der Waals surface area (Å²) in [6.45, 7) is 0. The zero-order valence-electron chi connectivity index (χ0n) is 10.1. The van der Waals surface area contributed by atoms with Gasteiger partial charge in [-0.05, 0) is 37.5 Å². The SMILES string of the molecule is CNc1cc(NC(C2CC2)C2CC2)nc(N)n1. The highest BCUT2D eigenvalue weighted by Crippen LogP contribution is 2.45. The number of hydrogen-bond donors (Lipinski definition) is 3. The average molecular weight is 233 g/mol. The molecule has 0 spiro atoms. The van der Waals surface area contributed by atoms with Crippen molar-refractivity contribution < 1.29 is 0 Å². The molecule has 1 aromatic rings. The summed E-state index contributed by atoms with van der Waals surface area (Å²) < 4.78 is 0. The smallest absolute Gasteiger partial charge is 0.223 e. The van der Waals surface area contributed by atoms with Gasteiger partial charge in [-0.25, -0.2) is 0 Å². The molecule has 0 amide bonds. The molecule has 0 aromatic carbocycles. The van der Waals surface area contributed by atoms with Crippen LogP contribution in [0.2, 0.25) is 0 Å². The standard InChI is InChI=1S/C12H19N5/c1-14-9-6-10(17-12(13)16-9)15-11(7-2-3-7)8-4-5-8/h6-8,11H,2-5H2,1H3,(H4,13,14,15,16,17). The van der Waals surface area contributed by atoms with Gasteiger partial charge in [-0.1, -0.05) is 0 Å². The minimum absolute atomic E-state index is 0.324. The van der Waals surface area contributed by atoms with E-state index in [0.717, 1.165) is 23.5 Å². The van der Waals surface area contributed by atoms with Gasteiger partial charge in [0.25, 0.3) is 0 Å². The Labute approximate surface area is 101 Å². The van der Waals surface area contributed by atoms with Gasteiger partial charge in [0.1, 0.15) is 11.6 Å². The fourth-order valence-corrected chi connectivity index (χ4v) is 2.37. The monoisotopic (exact) mass is 233 g/mol. The van der Waals surface area contributed by atoms with E-state index >= 15 is 0 Å². The molecule has 0 atom stereocenters. The van der Waals surface area contributed by atoms with Crippen LogP contribution in [0, 0.1) is 11.8 Å². The van der Waals surface area contributed by atoms with Crippen molar-refractivity contribution in [2.75, 3.05) is 23.4 Å². The van der Waals surface area contributed by atoms with Gasteiger partial charge in [-0.15, -0.1) is 0 Å². The number of nitrogen functional groups attached to an aromatic ring is 1. The van der Waals surface area contributed by atoms with Crippen molar-refractivity contribution in [3.8, 4) is 0 Å². The molecule has 2 aliphatic rings. The second-order valence-electron chi connectivity index (χ2n) is 5.09. The predicted octanol–water partition coefficient (Wildman–Crippen LogP) is 1.70. The van der Waals surface area contributed by atoms with Gasteiger partial charge in [0.2, 0.25) is 5.95 Å². The highest BCUT2D eigenvalue weighted by molar-refractivity contribution is 5.51. The first-order valence-electron chi connectivity index (χ1n) is 6.35. The number of aromatic nitrogens is 2. The molecular formula is C12H19N5. The first-order chi connectivity index (χ1) is 8.26. The highest BCUT2D eigenvalue weighted by atomic mass is 15.1. The van der Waals surface area contributed by atoms with Crippen LogP contribution in [0.5, 0.6) is 0 Å². The number of rotatable bonds is 5. The Morgan fingerprint density at radius 2 is 1.76 bits per heavy atom. The van der Waals surface area contributed by atoms with E-state index in [1.807, 2.05) is 13.1 Å². The van der Waals surface area contributed by atoms with Gasteiger partial charge in [0.15, 0.2) is 0 Å². The van der Waals surface area contributed by atoms with Gasteiger partial charge in [0.05, 0.1) is 0 Å². The third-order valence-electron chi connectivity index (χ3n) is 3.57. The van der Waals surface area contributed by atoms with Gasteiger partial charge in [-0.2, -0.15) is 9.97 Å². The highest BCUT2D eigenvalue weighted by Gasteiger charge is 2.41. The van der Waals surface area contributed by atoms with Gasteiger partial charge < -0.3 is 16.4 Å². The summed E-state index contributed by atoms with van der Waals surface area (Å²) >= 11 is 0. The Bertz CT molecular complexity index is 399. The molecule has 17 heavy (non-hydrogen) atoms. The number of anilines is 3. The maximum absolute atomic E-state index is 5.69. The van der Waals surface area contributed by atoms with Crippen LogP contribution in [0.15, 0.2) is 6.07 Å². The number of nitrogens with zero attached hydrogens (tertiary/aromatic N) is 2. The maximum atomic E-state index is 5.69. The van der Waals surface area contributed by atoms with Crippen molar-refractivity contribution >= 4 is 17.6 Å². The first-order valence-corrected chi connectivity index (χ1v) is 6.35. The topological polar surface area (TPSA) is 75.9 Å². The summed E-state index contributed by atoms with van der Waals surface area (Å²) in [4.78, 5) is 8.35. The molecule has 0 bridgehead atoms. The molecule has 0 saturated heterocycles. The number of hydrogen-bond acceptors (Lipinski definition) is 5. The molecule has 3 rings (SSSR count). The average Bonchev–Trinajstić information content (AvgIpc) is 3.16. The molecule has 2 aliphatic carbocycles. The van der Waals surface area contributed by atoms with Gasteiger partial charge in [0, 0.05) is 19.2 Å². The lowest BCUT2D eigenvalue weighted by Crippen LogP contribution is -2.25. The number of nitrogens with one attached hydrogen (secondary N) is 2. The van der Waals surface area contributed by atoms with Crippen LogP contribution in [0.4, 0.5) is 17.6 Å². The predicted molar refractivity (Wildman–Crippen MR) is 68.8 cm³/mol. The zero-order valence-corrected chi connectivity index (χ0v) is 10.1. The molecule has 92 valence electrons. The normalized spacial score (nSPS) is 19.4. The molecule has 5 nitrogen and oxygen atoms in total. The molecule has 1 aromatic heterocycles. The third kappa shape index (κ3) is 2.43. The first kappa shape index (κ1) is 10.6. The lowest BCUT2D eigenvalue weighted by molar-refractivity contribution is 0.565. The van der Waals surface area contributed by atoms with Crippen molar-refractivity contribution in [1.82, 2.24) is 9.97 Å². The van der Waals surface area contributed by atoms with Crippen LogP contribution in [0.25, 0.3) is 0 Å². The van der Waals surface area contributed by atoms with E-state index in [2.05, 4.69) is 20.6 Å². The second-order valence-corrected chi connectivity index (χ2v) is 5.09. The van der Waals surface area contributed by atoms with Crippen LogP contribution in [0.3, 0.4) is 0 Å². The van der Waals surface area contributed by atoms with Crippen LogP contribution in [0.1, 0.15) is 25.7 Å². The largest absolute Gasteiger partial charge is 0.373 e. The molecule has 2 saturated carbocycles. The van der Waals surface area contributed by atoms with Crippen molar-refractivity contribution in [2.24, 2.45) is 11.8 Å². The van der Waals surface area contributed by atoms with E-state index in [-0.39, 0.29) is 0 Å². The van der Waals surface area contributed by atoms with E-state index in [9.17, 15) is 0 Å². The third-order valence-corrected chi connectivity index (χ3v) is 3.57. The lowest BCUT2D eigenvalue weighted by atomic mass is 10.1. The molecular weight excluding hydrogens is 214 g/mol. The molecule has 4 N–H and O–H groups in total. The van der Waals surface area contributed by atoms with Crippen LogP contribution < -0.4 is 16.4 Å². The minimum atomic E-state index is 0.324. The summed E-state index contributed by atoms with van der Waals surface area (Å²) in [6.07, 6.45) is 5.42. The van der Waals surface area contributed by atoms with E-state index in [4.69, 9.17) is 5.73 Å². The quantitative estimate of drug-likeness (QED) is 0.721. The summed E-state index contributed by atoms with van der Waals surface area (Å²) in [5, 5.41) is 6.55. The minimum Gasteiger partial charge on any atom is -0.373 e. The van der Waals surface area contributed by atoms with Crippen molar-refractivity contribution in [3.63, 3.8) is 0 Å². The second kappa shape index (κ2) is 4.05. The Morgan fingerprint density at radius 1 is 1.18 bits per heavy atom. The summed E-state index contributed by atoms with van der Waals surface area (Å²) in [6, 6.07) is 2.52. The Hall–Kier alpha value is -1.52. The summed E-state index contributed by atoms with van der Waals surface area (Å²) in [7, 11) is 1.84. The maximum Gasteiger partial charge on any atom is 0.223 e. The fourth-order valence-electron chi connectivity index (χ4n) is 2.37. The van der Waals surface area contributed by atoms with Crippen molar-refractivity contribution in [3.05, 3.63) is 6.07 Å². The van der Waals surface area contributed by atoms with E-state index < -0.39 is 0 Å². The summed E-state index contributed by atoms with van der Waals surface area (Å²) in [5.74, 6) is 3.63. The Morgan fingerprint density at radius 3 is 2.29 bits per heavy atom. The summed E-state index contributed by atoms with van der Waals surface area (Å²) in [5.41, 5.74) is 5.69. The molecule has 1 heterocycles. The van der Waals surface area contributed by atoms with Crippen molar-refractivity contribution in [1.29, 1.82) is 0 Å². The van der Waals surface area contributed by atoms with Gasteiger partial charge in [-0.3, -0.25) is 0 Å². The van der Waals surface area contributed by atoms with Crippen molar-refractivity contribution in [2.45, 2.75) is 31.7 Å². The molecule has 5 heteroatoms. The Kier molecular flexibility index (Phi) is 2.53. The van der Waals surface area contributed by atoms with Gasteiger partial charge >= 0.3 is 0 Å². The Balaban J connectivity index is 1.76. The van der Waals surface area contributed by atoms with E-state index in [1.165, 1.54) is 25.7 Å². The fraction of sp³-hybridized carbons (Fsp3) is 0.667. The molecule has 0 radical (unpaired) electrons. The zero-order chi connectivity index (χ0) is 11.8. The molecule has 0 unspecified atom stereocenters. The van der Waals surface area contributed by atoms with Crippen LogP contribution in [-0.2, 0) is 0 Å². The van der Waals surface area contributed by atoms with E-state index in [1.54, 1.807) is 0 Å².